The Balaban J connectivity index is 1.94. The smallest absolute Gasteiger partial charge is 0.336 e. The van der Waals surface area contributed by atoms with Gasteiger partial charge in [0, 0.05) is 10.7 Å². The van der Waals surface area contributed by atoms with E-state index < -0.39 is 5.97 Å². The summed E-state index contributed by atoms with van der Waals surface area (Å²) in [6, 6.07) is 10.5. The molecule has 1 amide bonds. The quantitative estimate of drug-likeness (QED) is 0.852. The Bertz CT molecular complexity index is 861. The number of anilines is 1. The molecule has 0 spiro atoms. The van der Waals surface area contributed by atoms with Crippen LogP contribution in [0.1, 0.15) is 57.1 Å². The SMILES string of the molecule is C[C@H]1C[C@H]2c3cccc(C(=O)O)c3C(=O)N2c2ccc(Cl)cc21. The van der Waals surface area contributed by atoms with Crippen LogP contribution in [0.3, 0.4) is 0 Å². The molecular formula is C18H14ClNO3. The molecule has 1 N–H and O–H groups in total. The first-order chi connectivity index (χ1) is 11.0. The number of carbonyl (C=O) groups excluding carboxylic acids is 1. The maximum atomic E-state index is 12.9. The van der Waals surface area contributed by atoms with E-state index in [1.54, 1.807) is 17.0 Å². The fraction of sp³-hybridized carbons (Fsp3) is 0.222. The van der Waals surface area contributed by atoms with Crippen molar-refractivity contribution in [3.8, 4) is 0 Å². The van der Waals surface area contributed by atoms with Crippen LogP contribution in [-0.2, 0) is 0 Å². The molecule has 0 saturated heterocycles. The minimum Gasteiger partial charge on any atom is -0.478 e. The largest absolute Gasteiger partial charge is 0.478 e. The topological polar surface area (TPSA) is 57.6 Å². The number of fused-ring (bicyclic) bond motifs is 5. The molecule has 0 bridgehead atoms. The second kappa shape index (κ2) is 4.83. The van der Waals surface area contributed by atoms with Crippen LogP contribution in [0, 0.1) is 0 Å². The summed E-state index contributed by atoms with van der Waals surface area (Å²) in [5, 5.41) is 10.0. The third-order valence-electron chi connectivity index (χ3n) is 4.79. The standard InChI is InChI=1S/C18H14ClNO3/c1-9-7-15-11-3-2-4-12(18(22)23)16(11)17(21)20(15)14-6-5-10(19)8-13(9)14/h2-6,8-9,15H,7H2,1H3,(H,22,23)/t9-,15-/m0/s1. The van der Waals surface area contributed by atoms with Gasteiger partial charge in [-0.25, -0.2) is 4.79 Å². The highest BCUT2D eigenvalue weighted by Crippen LogP contribution is 2.50. The molecule has 0 fully saturated rings. The van der Waals surface area contributed by atoms with E-state index in [2.05, 4.69) is 6.92 Å². The summed E-state index contributed by atoms with van der Waals surface area (Å²) in [6.07, 6.45) is 0.759. The van der Waals surface area contributed by atoms with Crippen molar-refractivity contribution in [2.45, 2.75) is 25.3 Å². The molecule has 0 unspecified atom stereocenters. The van der Waals surface area contributed by atoms with Crippen LogP contribution in [0.4, 0.5) is 5.69 Å². The molecule has 2 aromatic rings. The lowest BCUT2D eigenvalue weighted by Crippen LogP contribution is -2.33. The molecule has 0 aliphatic carbocycles. The van der Waals surface area contributed by atoms with Crippen molar-refractivity contribution in [2.75, 3.05) is 4.90 Å². The minimum atomic E-state index is -1.07. The van der Waals surface area contributed by atoms with Gasteiger partial charge in [0.05, 0.1) is 17.2 Å². The minimum absolute atomic E-state index is 0.0741. The predicted octanol–water partition coefficient (Wildman–Crippen LogP) is 4.25. The number of carboxylic acid groups (broad SMARTS) is 1. The van der Waals surface area contributed by atoms with E-state index in [-0.39, 0.29) is 23.4 Å². The Labute approximate surface area is 138 Å². The van der Waals surface area contributed by atoms with Gasteiger partial charge >= 0.3 is 5.97 Å². The Hall–Kier alpha value is -2.33. The third-order valence-corrected chi connectivity index (χ3v) is 5.02. The Kier molecular flexibility index (Phi) is 3.00. The maximum Gasteiger partial charge on any atom is 0.336 e. The van der Waals surface area contributed by atoms with Crippen LogP contribution in [0.2, 0.25) is 5.02 Å². The van der Waals surface area contributed by atoms with Crippen LogP contribution in [-0.4, -0.2) is 17.0 Å². The summed E-state index contributed by atoms with van der Waals surface area (Å²) >= 11 is 6.10. The molecule has 4 nitrogen and oxygen atoms in total. The van der Waals surface area contributed by atoms with Gasteiger partial charge in [-0.1, -0.05) is 30.7 Å². The average Bonchev–Trinajstić information content (AvgIpc) is 2.81. The summed E-state index contributed by atoms with van der Waals surface area (Å²) < 4.78 is 0. The Morgan fingerprint density at radius 1 is 1.26 bits per heavy atom. The van der Waals surface area contributed by atoms with E-state index in [1.165, 1.54) is 6.07 Å². The van der Waals surface area contributed by atoms with E-state index in [0.29, 0.717) is 10.6 Å². The lowest BCUT2D eigenvalue weighted by Gasteiger charge is -2.36. The van der Waals surface area contributed by atoms with Gasteiger partial charge in [-0.3, -0.25) is 4.79 Å². The van der Waals surface area contributed by atoms with Crippen molar-refractivity contribution in [2.24, 2.45) is 0 Å². The zero-order valence-electron chi connectivity index (χ0n) is 12.4. The van der Waals surface area contributed by atoms with Crippen molar-refractivity contribution < 1.29 is 14.7 Å². The molecule has 2 aliphatic heterocycles. The van der Waals surface area contributed by atoms with Gasteiger partial charge in [0.25, 0.3) is 5.91 Å². The zero-order valence-corrected chi connectivity index (χ0v) is 13.2. The molecule has 2 atom stereocenters. The molecule has 2 aromatic carbocycles. The molecule has 0 aromatic heterocycles. The van der Waals surface area contributed by atoms with Crippen LogP contribution in [0.25, 0.3) is 0 Å². The van der Waals surface area contributed by atoms with Crippen molar-refractivity contribution in [1.82, 2.24) is 0 Å². The van der Waals surface area contributed by atoms with Crippen molar-refractivity contribution in [3.05, 3.63) is 63.7 Å². The normalized spacial score (nSPS) is 21.7. The van der Waals surface area contributed by atoms with E-state index >= 15 is 0 Å². The first kappa shape index (κ1) is 14.3. The Morgan fingerprint density at radius 2 is 2.04 bits per heavy atom. The number of hydrogen-bond donors (Lipinski definition) is 1. The fourth-order valence-electron chi connectivity index (χ4n) is 3.78. The van der Waals surface area contributed by atoms with Crippen molar-refractivity contribution in [3.63, 3.8) is 0 Å². The van der Waals surface area contributed by atoms with Crippen molar-refractivity contribution in [1.29, 1.82) is 0 Å². The van der Waals surface area contributed by atoms with Gasteiger partial charge < -0.3 is 10.0 Å². The first-order valence-corrected chi connectivity index (χ1v) is 7.86. The highest BCUT2D eigenvalue weighted by molar-refractivity contribution is 6.30. The number of amides is 1. The maximum absolute atomic E-state index is 12.9. The number of hydrogen-bond acceptors (Lipinski definition) is 2. The number of carbonyl (C=O) groups is 2. The van der Waals surface area contributed by atoms with Crippen LogP contribution in [0.5, 0.6) is 0 Å². The van der Waals surface area contributed by atoms with E-state index in [9.17, 15) is 14.7 Å². The van der Waals surface area contributed by atoms with Crippen molar-refractivity contribution >= 4 is 29.2 Å². The summed E-state index contributed by atoms with van der Waals surface area (Å²) in [5.74, 6) is -1.06. The molecule has 23 heavy (non-hydrogen) atoms. The van der Waals surface area contributed by atoms with Gasteiger partial charge in [-0.2, -0.15) is 0 Å². The van der Waals surface area contributed by atoms with Gasteiger partial charge in [-0.15, -0.1) is 0 Å². The fourth-order valence-corrected chi connectivity index (χ4v) is 3.96. The molecule has 2 heterocycles. The average molecular weight is 328 g/mol. The second-order valence-corrected chi connectivity index (χ2v) is 6.54. The van der Waals surface area contributed by atoms with Crippen LogP contribution < -0.4 is 4.90 Å². The summed E-state index contributed by atoms with van der Waals surface area (Å²) in [6.45, 7) is 2.11. The zero-order chi connectivity index (χ0) is 16.3. The summed E-state index contributed by atoms with van der Waals surface area (Å²) in [4.78, 5) is 26.1. The highest BCUT2D eigenvalue weighted by atomic mass is 35.5. The van der Waals surface area contributed by atoms with E-state index in [4.69, 9.17) is 11.6 Å². The molecule has 0 saturated carbocycles. The number of aromatic carboxylic acids is 1. The number of benzene rings is 2. The molecular weight excluding hydrogens is 314 g/mol. The van der Waals surface area contributed by atoms with Gasteiger partial charge in [-0.05, 0) is 47.7 Å². The number of carboxylic acids is 1. The van der Waals surface area contributed by atoms with Gasteiger partial charge in [0.1, 0.15) is 0 Å². The van der Waals surface area contributed by atoms with E-state index in [1.807, 2.05) is 18.2 Å². The molecule has 2 aliphatic rings. The Morgan fingerprint density at radius 3 is 2.78 bits per heavy atom. The molecule has 0 radical (unpaired) electrons. The van der Waals surface area contributed by atoms with Crippen LogP contribution >= 0.6 is 11.6 Å². The number of rotatable bonds is 1. The monoisotopic (exact) mass is 327 g/mol. The molecule has 116 valence electrons. The number of nitrogens with zero attached hydrogens (tertiary/aromatic N) is 1. The highest BCUT2D eigenvalue weighted by Gasteiger charge is 2.44. The molecule has 5 heteroatoms. The predicted molar refractivity (Wildman–Crippen MR) is 87.4 cm³/mol. The third kappa shape index (κ3) is 1.91. The van der Waals surface area contributed by atoms with Crippen LogP contribution in [0.15, 0.2) is 36.4 Å². The summed E-state index contributed by atoms with van der Waals surface area (Å²) in [7, 11) is 0. The lowest BCUT2D eigenvalue weighted by molar-refractivity contribution is 0.0692. The summed E-state index contributed by atoms with van der Waals surface area (Å²) in [5.41, 5.74) is 3.06. The molecule has 4 rings (SSSR count). The first-order valence-electron chi connectivity index (χ1n) is 7.48. The second-order valence-electron chi connectivity index (χ2n) is 6.11. The van der Waals surface area contributed by atoms with Gasteiger partial charge in [0.15, 0.2) is 0 Å². The lowest BCUT2D eigenvalue weighted by atomic mass is 9.85. The number of halogens is 1. The van der Waals surface area contributed by atoms with E-state index in [0.717, 1.165) is 23.2 Å². The van der Waals surface area contributed by atoms with Gasteiger partial charge in [0.2, 0.25) is 0 Å².